The van der Waals surface area contributed by atoms with Gasteiger partial charge in [0.15, 0.2) is 0 Å². The first-order valence-corrected chi connectivity index (χ1v) is 35.9. The maximum Gasteiger partial charge on any atom is 0.147 e. The highest BCUT2D eigenvalue weighted by Crippen LogP contribution is 2.50. The van der Waals surface area contributed by atoms with Crippen LogP contribution in [0.15, 0.2) is 121 Å². The van der Waals surface area contributed by atoms with E-state index in [-0.39, 0.29) is 44.0 Å². The molecule has 480 valence electrons. The molecule has 0 unspecified atom stereocenters. The molecular weight excluding hydrogens is 1140 g/mol. The third-order valence-corrected chi connectivity index (χ3v) is 24.0. The summed E-state index contributed by atoms with van der Waals surface area (Å²) in [7, 11) is -2.62. The van der Waals surface area contributed by atoms with E-state index in [9.17, 15) is 10.2 Å². The van der Waals surface area contributed by atoms with Gasteiger partial charge in [-0.05, 0) is 176 Å². The van der Waals surface area contributed by atoms with E-state index in [0.29, 0.717) is 75.1 Å². The van der Waals surface area contributed by atoms with Crippen molar-refractivity contribution in [1.29, 1.82) is 0 Å². The van der Waals surface area contributed by atoms with Gasteiger partial charge in [-0.2, -0.15) is 0 Å². The fourth-order valence-electron chi connectivity index (χ4n) is 13.9. The monoisotopic (exact) mass is 1240 g/mol. The lowest BCUT2D eigenvalue weighted by atomic mass is 9.71. The van der Waals surface area contributed by atoms with E-state index >= 15 is 8.78 Å². The van der Waals surface area contributed by atoms with Crippen molar-refractivity contribution in [2.45, 2.75) is 204 Å². The molecule has 0 fully saturated rings. The molecule has 2 aromatic heterocycles. The third-order valence-electron chi connectivity index (χ3n) is 19.5. The van der Waals surface area contributed by atoms with Crippen LogP contribution in [0.4, 0.5) is 8.78 Å². The van der Waals surface area contributed by atoms with Gasteiger partial charge in [0, 0.05) is 43.8 Å². The quantitative estimate of drug-likeness (QED) is 0.100. The molecule has 9 heteroatoms. The summed E-state index contributed by atoms with van der Waals surface area (Å²) in [5.41, 5.74) is 14.0. The lowest BCUT2D eigenvalue weighted by Crippen LogP contribution is -2.47. The van der Waals surface area contributed by atoms with Crippen molar-refractivity contribution in [2.24, 2.45) is 5.41 Å². The summed E-state index contributed by atoms with van der Waals surface area (Å²) >= 11 is 0. The number of benzene rings is 8. The summed E-state index contributed by atoms with van der Waals surface area (Å²) in [6.45, 7) is 48.2. The zero-order valence-corrected chi connectivity index (χ0v) is 59.7. The minimum atomic E-state index is -2.62. The van der Waals surface area contributed by atoms with E-state index in [1.165, 1.54) is 46.5 Å². The molecule has 0 saturated heterocycles. The van der Waals surface area contributed by atoms with E-state index in [0.717, 1.165) is 73.2 Å². The van der Waals surface area contributed by atoms with E-state index < -0.39 is 19.7 Å². The molecule has 0 bridgehead atoms. The van der Waals surface area contributed by atoms with Crippen LogP contribution in [0.3, 0.4) is 0 Å². The van der Waals surface area contributed by atoms with Crippen molar-refractivity contribution in [2.75, 3.05) is 12.5 Å². The fourth-order valence-corrected chi connectivity index (χ4v) is 16.2. The Morgan fingerprint density at radius 2 is 0.747 bits per heavy atom. The molecule has 0 amide bonds. The van der Waals surface area contributed by atoms with Crippen LogP contribution in [0.5, 0.6) is 23.0 Å². The summed E-state index contributed by atoms with van der Waals surface area (Å²) in [6, 6.07) is 42.7. The Balaban J connectivity index is 1.10. The normalized spacial score (nSPS) is 13.2. The predicted octanol–water partition coefficient (Wildman–Crippen LogP) is 23.0. The van der Waals surface area contributed by atoms with Crippen molar-refractivity contribution in [3.8, 4) is 56.6 Å². The number of aromatic nitrogens is 2. The first-order valence-electron chi connectivity index (χ1n) is 33.1. The molecule has 0 aliphatic rings. The minimum Gasteiger partial charge on any atom is -0.505 e. The SMILES string of the molecule is CCc1cc(-c2cc(F)cc(C)c2OC[Si](CC)(CC)COc2c(C)cc(F)cc2-c2cc(C(C)(C)CC(C)(C)C)cc(-n3c4cc(C(C)(C)C)ccc4c4ccc(C(C)(C)C)cc43)c2O)c(O)c(-n2c3cc(C(C)(C)C)ccc3c3ccc(C(C)(C)C)cc32)c1. The number of fused-ring (bicyclic) bond motifs is 6. The van der Waals surface area contributed by atoms with Crippen LogP contribution < -0.4 is 9.47 Å². The van der Waals surface area contributed by atoms with Gasteiger partial charge in [-0.25, -0.2) is 8.78 Å². The number of hydrogen-bond donors (Lipinski definition) is 2. The fraction of sp³-hybridized carbons (Fsp3) is 0.415. The van der Waals surface area contributed by atoms with Gasteiger partial charge in [0.25, 0.3) is 0 Å². The number of halogens is 2. The van der Waals surface area contributed by atoms with Gasteiger partial charge in [-0.1, -0.05) is 199 Å². The lowest BCUT2D eigenvalue weighted by molar-refractivity contribution is 0.284. The molecule has 0 radical (unpaired) electrons. The third kappa shape index (κ3) is 12.8. The molecule has 0 atom stereocenters. The van der Waals surface area contributed by atoms with Gasteiger partial charge < -0.3 is 28.8 Å². The molecule has 91 heavy (non-hydrogen) atoms. The summed E-state index contributed by atoms with van der Waals surface area (Å²) < 4.78 is 51.6. The summed E-state index contributed by atoms with van der Waals surface area (Å²) in [6.07, 6.45) is 2.14. The predicted molar refractivity (Wildman–Crippen MR) is 384 cm³/mol. The molecule has 0 aliphatic carbocycles. The standard InChI is InChI=1S/C82H100F2N2O4Si/c1-23-51-36-63(73(87)71(37-51)85-67-39-52(78(9,10)11)26-30-59(67)60-31-27-53(40-68(60)85)79(12,13)14)65-44-57(83)34-49(4)75(65)89-47-91(24-2,25-3)48-90-76-50(5)35-58(84)45-66(76)64-38-56(82(21,22)46-77(6,7)8)43-72(74(64)88)86-69-41-54(80(15,16)17)28-32-61(69)62-33-29-55(42-70(62)86)81(18,19)20/h26-45,87-88H,23-25,46-48H2,1-22H3. The summed E-state index contributed by atoms with van der Waals surface area (Å²) in [5, 5.41) is 30.7. The second-order valence-corrected chi connectivity index (χ2v) is 37.5. The summed E-state index contributed by atoms with van der Waals surface area (Å²) in [5.74, 6) is 0.207. The number of aromatic hydroxyl groups is 2. The van der Waals surface area contributed by atoms with Crippen LogP contribution in [0.25, 0.3) is 77.2 Å². The minimum absolute atomic E-state index is 0.0319. The maximum atomic E-state index is 16.5. The number of rotatable bonds is 15. The topological polar surface area (TPSA) is 68.8 Å². The number of phenolic OH excluding ortho intramolecular Hbond substituents is 2. The Labute approximate surface area is 542 Å². The second-order valence-electron chi connectivity index (χ2n) is 32.5. The van der Waals surface area contributed by atoms with Crippen molar-refractivity contribution >= 4 is 51.7 Å². The molecule has 10 aromatic rings. The molecule has 0 aliphatic heterocycles. The molecule has 0 saturated carbocycles. The van der Waals surface area contributed by atoms with Crippen LogP contribution in [0.2, 0.25) is 12.1 Å². The van der Waals surface area contributed by atoms with Gasteiger partial charge in [0.05, 0.1) is 45.9 Å². The Bertz CT molecular complexity index is 4320. The molecule has 8 aromatic carbocycles. The van der Waals surface area contributed by atoms with Crippen LogP contribution in [-0.2, 0) is 33.5 Å². The van der Waals surface area contributed by atoms with Crippen LogP contribution in [-0.4, -0.2) is 39.9 Å². The van der Waals surface area contributed by atoms with Gasteiger partial charge in [0.2, 0.25) is 0 Å². The zero-order valence-electron chi connectivity index (χ0n) is 58.7. The number of hydrogen-bond acceptors (Lipinski definition) is 4. The van der Waals surface area contributed by atoms with E-state index in [4.69, 9.17) is 9.47 Å². The molecule has 0 spiro atoms. The average Bonchev–Trinajstić information content (AvgIpc) is 1.62. The van der Waals surface area contributed by atoms with E-state index in [2.05, 4.69) is 239 Å². The Hall–Kier alpha value is -7.36. The smallest absolute Gasteiger partial charge is 0.147 e. The Morgan fingerprint density at radius 3 is 1.07 bits per heavy atom. The Kier molecular flexibility index (Phi) is 17.3. The Morgan fingerprint density at radius 1 is 0.407 bits per heavy atom. The van der Waals surface area contributed by atoms with Gasteiger partial charge in [-0.3, -0.25) is 0 Å². The highest BCUT2D eigenvalue weighted by molar-refractivity contribution is 6.79. The van der Waals surface area contributed by atoms with Gasteiger partial charge in [-0.15, -0.1) is 0 Å². The van der Waals surface area contributed by atoms with Gasteiger partial charge >= 0.3 is 0 Å². The molecular formula is C82H100F2N2O4Si. The van der Waals surface area contributed by atoms with E-state index in [1.807, 2.05) is 19.9 Å². The number of phenols is 2. The first kappa shape index (κ1) is 66.6. The van der Waals surface area contributed by atoms with E-state index in [1.54, 1.807) is 0 Å². The van der Waals surface area contributed by atoms with Crippen molar-refractivity contribution in [1.82, 2.24) is 9.13 Å². The van der Waals surface area contributed by atoms with Crippen LogP contribution in [0.1, 0.15) is 189 Å². The number of nitrogens with zero attached hydrogens (tertiary/aromatic N) is 2. The molecule has 2 N–H and O–H groups in total. The number of aryl methyl sites for hydroxylation is 3. The second kappa shape index (κ2) is 23.6. The van der Waals surface area contributed by atoms with Crippen LogP contribution in [0, 0.1) is 30.9 Å². The lowest BCUT2D eigenvalue weighted by Gasteiger charge is -2.34. The maximum absolute atomic E-state index is 16.5. The van der Waals surface area contributed by atoms with Crippen LogP contribution >= 0.6 is 0 Å². The average molecular weight is 1240 g/mol. The van der Waals surface area contributed by atoms with Crippen molar-refractivity contribution in [3.05, 3.63) is 177 Å². The largest absolute Gasteiger partial charge is 0.505 e. The summed E-state index contributed by atoms with van der Waals surface area (Å²) in [4.78, 5) is 0. The molecule has 6 nitrogen and oxygen atoms in total. The molecule has 2 heterocycles. The van der Waals surface area contributed by atoms with Crippen molar-refractivity contribution < 1.29 is 28.5 Å². The molecule has 10 rings (SSSR count). The van der Waals surface area contributed by atoms with Gasteiger partial charge in [0.1, 0.15) is 42.7 Å². The first-order chi connectivity index (χ1) is 42.3. The highest BCUT2D eigenvalue weighted by Gasteiger charge is 2.36. The highest BCUT2D eigenvalue weighted by atomic mass is 28.3. The van der Waals surface area contributed by atoms with Crippen molar-refractivity contribution in [3.63, 3.8) is 0 Å². The number of ether oxygens (including phenoxy) is 2. The zero-order chi connectivity index (χ0) is 66.6.